The third kappa shape index (κ3) is 3.45. The van der Waals surface area contributed by atoms with Gasteiger partial charge in [-0.05, 0) is 42.8 Å². The topological polar surface area (TPSA) is 46.9 Å². The van der Waals surface area contributed by atoms with Crippen molar-refractivity contribution >= 4 is 38.9 Å². The van der Waals surface area contributed by atoms with Gasteiger partial charge in [0.15, 0.2) is 5.13 Å². The summed E-state index contributed by atoms with van der Waals surface area (Å²) < 4.78 is 2.96. The monoisotopic (exact) mass is 375 g/mol. The summed E-state index contributed by atoms with van der Waals surface area (Å²) in [7, 11) is 0. The summed E-state index contributed by atoms with van der Waals surface area (Å²) in [5.41, 5.74) is 2.66. The van der Waals surface area contributed by atoms with Crippen LogP contribution >= 0.6 is 27.3 Å². The van der Waals surface area contributed by atoms with Crippen LogP contribution in [-0.4, -0.2) is 15.5 Å². The van der Waals surface area contributed by atoms with Crippen LogP contribution in [0.25, 0.3) is 5.13 Å². The molecule has 3 rings (SSSR count). The molecule has 0 spiro atoms. The Labute approximate surface area is 140 Å². The first-order valence-electron chi connectivity index (χ1n) is 6.75. The van der Waals surface area contributed by atoms with Crippen LogP contribution in [0, 0.1) is 6.92 Å². The third-order valence-electron chi connectivity index (χ3n) is 3.15. The molecule has 1 aromatic carbocycles. The van der Waals surface area contributed by atoms with Crippen LogP contribution in [0.4, 0.5) is 5.69 Å². The summed E-state index contributed by atoms with van der Waals surface area (Å²) in [6.45, 7) is 1.99. The lowest BCUT2D eigenvalue weighted by atomic mass is 10.2. The molecule has 0 saturated heterocycles. The summed E-state index contributed by atoms with van der Waals surface area (Å²) in [6.07, 6.45) is 4.15. The number of carbonyl (C=O) groups excluding carboxylic acids is 1. The molecule has 1 amide bonds. The number of anilines is 1. The minimum Gasteiger partial charge on any atom is -0.326 e. The van der Waals surface area contributed by atoms with Gasteiger partial charge in [-0.1, -0.05) is 15.9 Å². The van der Waals surface area contributed by atoms with E-state index in [1.54, 1.807) is 0 Å². The van der Waals surface area contributed by atoms with Crippen LogP contribution in [-0.2, 0) is 11.2 Å². The second-order valence-corrected chi connectivity index (χ2v) is 6.59. The highest BCUT2D eigenvalue weighted by atomic mass is 79.9. The lowest BCUT2D eigenvalue weighted by Gasteiger charge is -2.06. The second kappa shape index (κ2) is 6.46. The fraction of sp³-hybridized carbons (Fsp3) is 0.125. The highest BCUT2D eigenvalue weighted by Gasteiger charge is 2.09. The summed E-state index contributed by atoms with van der Waals surface area (Å²) in [4.78, 5) is 16.6. The molecule has 6 heteroatoms. The number of nitrogens with zero attached hydrogens (tertiary/aromatic N) is 2. The van der Waals surface area contributed by atoms with E-state index < -0.39 is 0 Å². The summed E-state index contributed by atoms with van der Waals surface area (Å²) in [5, 5.41) is 5.69. The molecule has 2 heterocycles. The van der Waals surface area contributed by atoms with Gasteiger partial charge in [0.05, 0.1) is 12.1 Å². The zero-order valence-corrected chi connectivity index (χ0v) is 14.3. The van der Waals surface area contributed by atoms with Gasteiger partial charge >= 0.3 is 0 Å². The Bertz CT molecular complexity index is 796. The van der Waals surface area contributed by atoms with E-state index in [1.807, 2.05) is 59.6 Å². The minimum absolute atomic E-state index is 0.0638. The standard InChI is InChI=1S/C16H14BrN3OS/c1-11-8-12(4-5-14(11)17)18-15(21)9-13-10-22-16(19-13)20-6-2-3-7-20/h2-8,10H,9H2,1H3,(H,18,21). The van der Waals surface area contributed by atoms with Crippen LogP contribution in [0.15, 0.2) is 52.6 Å². The molecule has 0 aliphatic carbocycles. The number of aromatic nitrogens is 2. The van der Waals surface area contributed by atoms with E-state index in [2.05, 4.69) is 26.2 Å². The van der Waals surface area contributed by atoms with Crippen LogP contribution in [0.5, 0.6) is 0 Å². The molecule has 22 heavy (non-hydrogen) atoms. The Morgan fingerprint density at radius 3 is 2.86 bits per heavy atom. The van der Waals surface area contributed by atoms with Gasteiger partial charge in [0.25, 0.3) is 0 Å². The molecule has 0 radical (unpaired) electrons. The van der Waals surface area contributed by atoms with Gasteiger partial charge in [-0.2, -0.15) is 0 Å². The second-order valence-electron chi connectivity index (χ2n) is 4.90. The lowest BCUT2D eigenvalue weighted by Crippen LogP contribution is -2.14. The molecule has 0 bridgehead atoms. The molecule has 3 aromatic rings. The maximum absolute atomic E-state index is 12.1. The van der Waals surface area contributed by atoms with Crippen LogP contribution < -0.4 is 5.32 Å². The highest BCUT2D eigenvalue weighted by Crippen LogP contribution is 2.20. The number of nitrogens with one attached hydrogen (secondary N) is 1. The third-order valence-corrected chi connectivity index (χ3v) is 4.94. The largest absolute Gasteiger partial charge is 0.326 e. The van der Waals surface area contributed by atoms with Crippen molar-refractivity contribution in [3.8, 4) is 5.13 Å². The predicted octanol–water partition coefficient (Wildman–Crippen LogP) is 4.19. The number of amides is 1. The van der Waals surface area contributed by atoms with E-state index in [-0.39, 0.29) is 12.3 Å². The molecule has 0 aliphatic rings. The van der Waals surface area contributed by atoms with E-state index in [0.717, 1.165) is 26.5 Å². The van der Waals surface area contributed by atoms with Crippen molar-refractivity contribution in [2.75, 3.05) is 5.32 Å². The van der Waals surface area contributed by atoms with Crippen molar-refractivity contribution in [2.45, 2.75) is 13.3 Å². The Kier molecular flexibility index (Phi) is 4.40. The fourth-order valence-corrected chi connectivity index (χ4v) is 3.09. The molecule has 0 aliphatic heterocycles. The zero-order chi connectivity index (χ0) is 15.5. The van der Waals surface area contributed by atoms with Gasteiger partial charge in [0.2, 0.25) is 5.91 Å². The van der Waals surface area contributed by atoms with E-state index in [9.17, 15) is 4.79 Å². The first kappa shape index (κ1) is 15.0. The van der Waals surface area contributed by atoms with Gasteiger partial charge in [0, 0.05) is 27.9 Å². The summed E-state index contributed by atoms with van der Waals surface area (Å²) >= 11 is 4.97. The highest BCUT2D eigenvalue weighted by molar-refractivity contribution is 9.10. The summed E-state index contributed by atoms with van der Waals surface area (Å²) in [6, 6.07) is 9.64. The number of aryl methyl sites for hydroxylation is 1. The number of carbonyl (C=O) groups is 1. The first-order chi connectivity index (χ1) is 10.6. The molecule has 0 unspecified atom stereocenters. The number of halogens is 1. The molecule has 112 valence electrons. The van der Waals surface area contributed by atoms with Gasteiger partial charge in [0.1, 0.15) is 0 Å². The Balaban J connectivity index is 1.65. The Hall–Kier alpha value is -1.92. The molecule has 4 nitrogen and oxygen atoms in total. The van der Waals surface area contributed by atoms with Crippen molar-refractivity contribution < 1.29 is 4.79 Å². The normalized spacial score (nSPS) is 10.6. The number of hydrogen-bond donors (Lipinski definition) is 1. The number of hydrogen-bond acceptors (Lipinski definition) is 3. The molecule has 1 N–H and O–H groups in total. The molecule has 0 saturated carbocycles. The predicted molar refractivity (Wildman–Crippen MR) is 92.7 cm³/mol. The quantitative estimate of drug-likeness (QED) is 0.742. The van der Waals surface area contributed by atoms with E-state index >= 15 is 0 Å². The molecule has 0 atom stereocenters. The lowest BCUT2D eigenvalue weighted by molar-refractivity contribution is -0.115. The summed E-state index contributed by atoms with van der Waals surface area (Å²) in [5.74, 6) is -0.0638. The molecule has 2 aromatic heterocycles. The average molecular weight is 376 g/mol. The van der Waals surface area contributed by atoms with E-state index in [4.69, 9.17) is 0 Å². The Morgan fingerprint density at radius 2 is 2.14 bits per heavy atom. The van der Waals surface area contributed by atoms with Crippen molar-refractivity contribution in [1.29, 1.82) is 0 Å². The van der Waals surface area contributed by atoms with Gasteiger partial charge < -0.3 is 9.88 Å². The number of benzene rings is 1. The fourth-order valence-electron chi connectivity index (χ4n) is 2.05. The van der Waals surface area contributed by atoms with Gasteiger partial charge in [-0.25, -0.2) is 4.98 Å². The van der Waals surface area contributed by atoms with Gasteiger partial charge in [-0.15, -0.1) is 11.3 Å². The van der Waals surface area contributed by atoms with Crippen LogP contribution in [0.1, 0.15) is 11.3 Å². The van der Waals surface area contributed by atoms with Crippen LogP contribution in [0.3, 0.4) is 0 Å². The average Bonchev–Trinajstić information content (AvgIpc) is 3.13. The SMILES string of the molecule is Cc1cc(NC(=O)Cc2csc(-n3cccc3)n2)ccc1Br. The minimum atomic E-state index is -0.0638. The van der Waals surface area contributed by atoms with Crippen LogP contribution in [0.2, 0.25) is 0 Å². The van der Waals surface area contributed by atoms with E-state index in [0.29, 0.717) is 0 Å². The van der Waals surface area contributed by atoms with Crippen molar-refractivity contribution in [3.05, 3.63) is 63.8 Å². The molecule has 0 fully saturated rings. The van der Waals surface area contributed by atoms with E-state index in [1.165, 1.54) is 11.3 Å². The maximum Gasteiger partial charge on any atom is 0.230 e. The first-order valence-corrected chi connectivity index (χ1v) is 8.43. The number of rotatable bonds is 4. The smallest absolute Gasteiger partial charge is 0.230 e. The van der Waals surface area contributed by atoms with Gasteiger partial charge in [-0.3, -0.25) is 4.79 Å². The number of thiazole rings is 1. The zero-order valence-electron chi connectivity index (χ0n) is 11.9. The van der Waals surface area contributed by atoms with Crippen molar-refractivity contribution in [1.82, 2.24) is 9.55 Å². The van der Waals surface area contributed by atoms with Crippen molar-refractivity contribution in [3.63, 3.8) is 0 Å². The Morgan fingerprint density at radius 1 is 1.36 bits per heavy atom. The maximum atomic E-state index is 12.1. The molecular formula is C16H14BrN3OS. The molecular weight excluding hydrogens is 362 g/mol. The van der Waals surface area contributed by atoms with Crippen molar-refractivity contribution in [2.24, 2.45) is 0 Å².